The summed E-state index contributed by atoms with van der Waals surface area (Å²) in [6.45, 7) is 14.0. The van der Waals surface area contributed by atoms with Crippen molar-refractivity contribution >= 4 is 41.1 Å². The normalized spacial score (nSPS) is 16.0. The Kier molecular flexibility index (Phi) is 18.0. The molecule has 1 heterocycles. The van der Waals surface area contributed by atoms with E-state index in [1.165, 1.54) is 11.1 Å². The lowest BCUT2D eigenvalue weighted by atomic mass is 9.77. The molecule has 1 amide bonds. The molecule has 2 unspecified atom stereocenters. The summed E-state index contributed by atoms with van der Waals surface area (Å²) in [7, 11) is 2.12. The molecule has 262 valence electrons. The highest BCUT2D eigenvalue weighted by Crippen LogP contribution is 2.39. The lowest BCUT2D eigenvalue weighted by Crippen LogP contribution is -2.31. The molecule has 2 aromatic rings. The number of ether oxygens (including phenoxy) is 2. The van der Waals surface area contributed by atoms with Crippen LogP contribution in [0.25, 0.3) is 0 Å². The lowest BCUT2D eigenvalue weighted by Gasteiger charge is -2.33. The molecule has 0 saturated carbocycles. The Bertz CT molecular complexity index is 1270. The van der Waals surface area contributed by atoms with E-state index < -0.39 is 0 Å². The molecule has 0 bridgehead atoms. The first-order valence-corrected chi connectivity index (χ1v) is 18.3. The maximum absolute atomic E-state index is 12.4. The van der Waals surface area contributed by atoms with Crippen molar-refractivity contribution in [3.63, 3.8) is 0 Å². The number of hydrogen-bond donors (Lipinski definition) is 4. The molecular weight excluding hydrogens is 655 g/mol. The number of hydrogen-bond acceptors (Lipinski definition) is 8. The third-order valence-electron chi connectivity index (χ3n) is 8.56. The number of fused-ring (bicyclic) bond motifs is 1. The fourth-order valence-electron chi connectivity index (χ4n) is 6.01. The maximum Gasteiger partial charge on any atom is 0.220 e. The molecule has 0 saturated heterocycles. The topological polar surface area (TPSA) is 95.1 Å². The van der Waals surface area contributed by atoms with Crippen LogP contribution in [0.5, 0.6) is 0 Å². The first kappa shape index (κ1) is 39.6. The summed E-state index contributed by atoms with van der Waals surface area (Å²) in [5, 5.41) is 16.5. The van der Waals surface area contributed by atoms with Gasteiger partial charge in [-0.15, -0.1) is 0 Å². The molecule has 2 aromatic carbocycles. The van der Waals surface area contributed by atoms with Crippen LogP contribution < -0.4 is 15.4 Å². The third kappa shape index (κ3) is 14.3. The molecule has 2 atom stereocenters. The SMILES string of the molecule is C=C(CCC(C)(CCC)CCC(=O)NCCOCCOCCNSc1cccc(C2CN(C)Cc3c(Cl)cc(Cl)cc32)c1)NCCO. The number of aliphatic hydroxyl groups excluding tert-OH is 1. The van der Waals surface area contributed by atoms with Gasteiger partial charge in [0, 0.05) is 65.7 Å². The second kappa shape index (κ2) is 21.3. The van der Waals surface area contributed by atoms with E-state index in [4.69, 9.17) is 37.8 Å². The molecule has 0 aromatic heterocycles. The van der Waals surface area contributed by atoms with E-state index in [9.17, 15) is 4.79 Å². The van der Waals surface area contributed by atoms with E-state index in [2.05, 4.69) is 78.1 Å². The van der Waals surface area contributed by atoms with Crippen molar-refractivity contribution in [3.8, 4) is 0 Å². The predicted octanol–water partition coefficient (Wildman–Crippen LogP) is 6.78. The molecule has 47 heavy (non-hydrogen) atoms. The van der Waals surface area contributed by atoms with E-state index in [1.807, 2.05) is 6.07 Å². The first-order chi connectivity index (χ1) is 22.6. The summed E-state index contributed by atoms with van der Waals surface area (Å²) in [6, 6.07) is 12.5. The number of carbonyl (C=O) groups is 1. The molecular formula is C36H54Cl2N4O4S. The fourth-order valence-corrected chi connectivity index (χ4v) is 7.28. The Morgan fingerprint density at radius 2 is 1.79 bits per heavy atom. The van der Waals surface area contributed by atoms with Crippen molar-refractivity contribution in [2.75, 3.05) is 66.3 Å². The quantitative estimate of drug-likeness (QED) is 0.0742. The van der Waals surface area contributed by atoms with Gasteiger partial charge in [-0.3, -0.25) is 9.52 Å². The van der Waals surface area contributed by atoms with Gasteiger partial charge in [-0.1, -0.05) is 62.2 Å². The van der Waals surface area contributed by atoms with Gasteiger partial charge < -0.3 is 30.1 Å². The van der Waals surface area contributed by atoms with Gasteiger partial charge in [-0.25, -0.2) is 0 Å². The van der Waals surface area contributed by atoms with Gasteiger partial charge >= 0.3 is 0 Å². The number of allylic oxidation sites excluding steroid dienone is 1. The zero-order valence-electron chi connectivity index (χ0n) is 28.3. The summed E-state index contributed by atoms with van der Waals surface area (Å²) in [5.74, 6) is 0.268. The highest BCUT2D eigenvalue weighted by Gasteiger charge is 2.27. The summed E-state index contributed by atoms with van der Waals surface area (Å²) < 4.78 is 14.7. The highest BCUT2D eigenvalue weighted by molar-refractivity contribution is 7.97. The molecule has 1 aliphatic heterocycles. The Labute approximate surface area is 296 Å². The Balaban J connectivity index is 1.25. The minimum Gasteiger partial charge on any atom is -0.395 e. The van der Waals surface area contributed by atoms with Crippen molar-refractivity contribution in [2.24, 2.45) is 5.41 Å². The molecule has 11 heteroatoms. The predicted molar refractivity (Wildman–Crippen MR) is 195 cm³/mol. The standard InChI is InChI=1S/C36H54Cl2N4O4S/c1-5-11-36(3,12-9-27(2)39-14-17-43)13-10-35(44)40-15-18-45-20-21-46-19-16-41-47-30-8-6-7-28(22-30)32-25-42(4)26-33-31(32)23-29(37)24-34(33)38/h6-8,22-24,32,39,41,43H,2,5,9-21,25-26H2,1,3-4H3,(H,40,44). The minimum atomic E-state index is 0.0585. The van der Waals surface area contributed by atoms with Gasteiger partial charge in [-0.05, 0) is 91.0 Å². The number of benzene rings is 2. The molecule has 0 fully saturated rings. The van der Waals surface area contributed by atoms with Gasteiger partial charge in [0.15, 0.2) is 0 Å². The second-order valence-electron chi connectivity index (χ2n) is 12.7. The average molecular weight is 710 g/mol. The number of aliphatic hydroxyl groups is 1. The molecule has 0 radical (unpaired) electrons. The Morgan fingerprint density at radius 1 is 1.04 bits per heavy atom. The van der Waals surface area contributed by atoms with Crippen LogP contribution in [0.1, 0.15) is 75.0 Å². The maximum atomic E-state index is 12.4. The molecule has 3 rings (SSSR count). The zero-order chi connectivity index (χ0) is 34.1. The van der Waals surface area contributed by atoms with Crippen molar-refractivity contribution in [3.05, 3.63) is 75.4 Å². The lowest BCUT2D eigenvalue weighted by molar-refractivity contribution is -0.122. The molecule has 8 nitrogen and oxygen atoms in total. The molecule has 0 spiro atoms. The molecule has 0 aliphatic carbocycles. The summed E-state index contributed by atoms with van der Waals surface area (Å²) in [4.78, 5) is 15.9. The number of nitrogens with zero attached hydrogens (tertiary/aromatic N) is 1. The summed E-state index contributed by atoms with van der Waals surface area (Å²) in [6.07, 6.45) is 5.30. The Hall–Kier alpha value is -1.82. The Morgan fingerprint density at radius 3 is 2.53 bits per heavy atom. The fraction of sp³-hybridized carbons (Fsp3) is 0.583. The number of likely N-dealkylation sites (N-methyl/N-ethyl adjacent to an activating group) is 1. The van der Waals surface area contributed by atoms with Crippen LogP contribution in [-0.4, -0.2) is 82.2 Å². The summed E-state index contributed by atoms with van der Waals surface area (Å²) in [5.41, 5.74) is 4.64. The highest BCUT2D eigenvalue weighted by atomic mass is 35.5. The van der Waals surface area contributed by atoms with Gasteiger partial charge in [0.25, 0.3) is 0 Å². The van der Waals surface area contributed by atoms with Crippen LogP contribution in [-0.2, 0) is 20.8 Å². The largest absolute Gasteiger partial charge is 0.395 e. The number of nitrogens with one attached hydrogen (secondary N) is 3. The first-order valence-electron chi connectivity index (χ1n) is 16.7. The monoisotopic (exact) mass is 708 g/mol. The van der Waals surface area contributed by atoms with Crippen LogP contribution in [0.15, 0.2) is 53.6 Å². The second-order valence-corrected chi connectivity index (χ2v) is 14.5. The third-order valence-corrected chi connectivity index (χ3v) is 9.95. The van der Waals surface area contributed by atoms with Crippen molar-refractivity contribution < 1.29 is 19.4 Å². The molecule has 4 N–H and O–H groups in total. The van der Waals surface area contributed by atoms with E-state index in [0.717, 1.165) is 66.4 Å². The minimum absolute atomic E-state index is 0.0585. The van der Waals surface area contributed by atoms with Crippen LogP contribution in [0.2, 0.25) is 10.0 Å². The van der Waals surface area contributed by atoms with E-state index in [-0.39, 0.29) is 23.8 Å². The van der Waals surface area contributed by atoms with Gasteiger partial charge in [-0.2, -0.15) is 0 Å². The van der Waals surface area contributed by atoms with Gasteiger partial charge in [0.05, 0.1) is 33.0 Å². The smallest absolute Gasteiger partial charge is 0.220 e. The average Bonchev–Trinajstić information content (AvgIpc) is 3.04. The zero-order valence-corrected chi connectivity index (χ0v) is 30.7. The van der Waals surface area contributed by atoms with E-state index in [0.29, 0.717) is 57.5 Å². The number of amides is 1. The van der Waals surface area contributed by atoms with Crippen LogP contribution >= 0.6 is 35.1 Å². The number of halogens is 2. The number of carbonyl (C=O) groups excluding carboxylic acids is 1. The van der Waals surface area contributed by atoms with Crippen molar-refractivity contribution in [1.29, 1.82) is 0 Å². The van der Waals surface area contributed by atoms with Crippen molar-refractivity contribution in [2.45, 2.75) is 69.7 Å². The summed E-state index contributed by atoms with van der Waals surface area (Å²) >= 11 is 14.5. The van der Waals surface area contributed by atoms with Gasteiger partial charge in [0.1, 0.15) is 0 Å². The van der Waals surface area contributed by atoms with Gasteiger partial charge in [0.2, 0.25) is 5.91 Å². The van der Waals surface area contributed by atoms with Crippen LogP contribution in [0.3, 0.4) is 0 Å². The number of rotatable bonds is 23. The van der Waals surface area contributed by atoms with E-state index in [1.54, 1.807) is 11.9 Å². The van der Waals surface area contributed by atoms with Crippen molar-refractivity contribution in [1.82, 2.24) is 20.3 Å². The van der Waals surface area contributed by atoms with E-state index >= 15 is 0 Å². The molecule has 1 aliphatic rings. The van der Waals surface area contributed by atoms with Crippen LogP contribution in [0.4, 0.5) is 0 Å². The van der Waals surface area contributed by atoms with Crippen LogP contribution in [0, 0.1) is 5.41 Å².